The summed E-state index contributed by atoms with van der Waals surface area (Å²) < 4.78 is 27.7. The molecule has 0 aliphatic rings. The molecule has 6 heteroatoms. The lowest BCUT2D eigenvalue weighted by atomic mass is 10.1. The van der Waals surface area contributed by atoms with E-state index in [0.29, 0.717) is 5.56 Å². The number of hydrogen-bond acceptors (Lipinski definition) is 2. The van der Waals surface area contributed by atoms with Gasteiger partial charge in [0.05, 0.1) is 11.4 Å². The average molecular weight is 378 g/mol. The summed E-state index contributed by atoms with van der Waals surface area (Å²) in [6.07, 6.45) is 1.35. The van der Waals surface area contributed by atoms with Gasteiger partial charge in [-0.05, 0) is 35.9 Å². The summed E-state index contributed by atoms with van der Waals surface area (Å²) >= 11 is 0. The first-order chi connectivity index (χ1) is 13.5. The zero-order valence-electron chi connectivity index (χ0n) is 14.7. The molecule has 28 heavy (non-hydrogen) atoms. The van der Waals surface area contributed by atoms with Crippen LogP contribution in [0.2, 0.25) is 0 Å². The number of rotatable bonds is 5. The predicted molar refractivity (Wildman–Crippen MR) is 104 cm³/mol. The lowest BCUT2D eigenvalue weighted by Crippen LogP contribution is -2.26. The second-order valence-electron chi connectivity index (χ2n) is 5.84. The molecule has 140 valence electrons. The van der Waals surface area contributed by atoms with Gasteiger partial charge >= 0.3 is 0 Å². The molecule has 2 amide bonds. The van der Waals surface area contributed by atoms with Crippen LogP contribution in [0, 0.1) is 11.6 Å². The van der Waals surface area contributed by atoms with Gasteiger partial charge in [0.25, 0.3) is 11.8 Å². The van der Waals surface area contributed by atoms with Crippen LogP contribution in [0.1, 0.15) is 5.56 Å². The van der Waals surface area contributed by atoms with E-state index in [1.54, 1.807) is 42.5 Å². The Labute approximate surface area is 160 Å². The second-order valence-corrected chi connectivity index (χ2v) is 5.84. The molecular formula is C22H16F2N2O2. The molecular weight excluding hydrogens is 362 g/mol. The van der Waals surface area contributed by atoms with Gasteiger partial charge in [-0.1, -0.05) is 54.6 Å². The number of nitrogens with one attached hydrogen (secondary N) is 2. The van der Waals surface area contributed by atoms with E-state index in [4.69, 9.17) is 0 Å². The van der Waals surface area contributed by atoms with E-state index < -0.39 is 23.4 Å². The first-order valence-corrected chi connectivity index (χ1v) is 8.43. The molecule has 3 aromatic carbocycles. The van der Waals surface area contributed by atoms with Crippen molar-refractivity contribution < 1.29 is 18.4 Å². The maximum absolute atomic E-state index is 13.9. The Bertz CT molecular complexity index is 972. The molecule has 0 saturated carbocycles. The Morgan fingerprint density at radius 1 is 0.643 bits per heavy atom. The highest BCUT2D eigenvalue weighted by molar-refractivity contribution is 6.28. The minimum absolute atomic E-state index is 0.0647. The van der Waals surface area contributed by atoms with Crippen molar-refractivity contribution in [3.8, 4) is 0 Å². The Hall–Kier alpha value is -3.80. The van der Waals surface area contributed by atoms with Crippen LogP contribution in [0.15, 0.2) is 84.4 Å². The van der Waals surface area contributed by atoms with Crippen LogP contribution in [-0.4, -0.2) is 11.8 Å². The van der Waals surface area contributed by atoms with Gasteiger partial charge in [0.15, 0.2) is 0 Å². The number of carbonyl (C=O) groups is 2. The summed E-state index contributed by atoms with van der Waals surface area (Å²) in [7, 11) is 0. The van der Waals surface area contributed by atoms with E-state index in [1.807, 2.05) is 0 Å². The maximum Gasteiger partial charge on any atom is 0.261 e. The second kappa shape index (κ2) is 8.73. The van der Waals surface area contributed by atoms with Crippen LogP contribution in [0.3, 0.4) is 0 Å². The van der Waals surface area contributed by atoms with Crippen molar-refractivity contribution >= 4 is 29.3 Å². The van der Waals surface area contributed by atoms with Crippen molar-refractivity contribution in [1.29, 1.82) is 0 Å². The number of carbonyl (C=O) groups excluding carboxylic acids is 2. The maximum atomic E-state index is 13.9. The van der Waals surface area contributed by atoms with E-state index >= 15 is 0 Å². The minimum atomic E-state index is -0.817. The normalized spacial score (nSPS) is 10.1. The SMILES string of the molecule is O=C(Nc1ccccc1F)C(=Cc1ccccc1)C(=O)Nc1ccccc1F. The van der Waals surface area contributed by atoms with Crippen molar-refractivity contribution in [3.63, 3.8) is 0 Å². The lowest BCUT2D eigenvalue weighted by Gasteiger charge is -2.11. The number of halogens is 2. The molecule has 0 aliphatic carbocycles. The fraction of sp³-hybridized carbons (Fsp3) is 0. The van der Waals surface area contributed by atoms with Crippen LogP contribution in [0.5, 0.6) is 0 Å². The van der Waals surface area contributed by atoms with Crippen molar-refractivity contribution in [3.05, 3.63) is 102 Å². The Morgan fingerprint density at radius 2 is 1.07 bits per heavy atom. The van der Waals surface area contributed by atoms with Gasteiger partial charge in [-0.3, -0.25) is 9.59 Å². The van der Waals surface area contributed by atoms with Crippen molar-refractivity contribution in [2.24, 2.45) is 0 Å². The van der Waals surface area contributed by atoms with Gasteiger partial charge in [-0.25, -0.2) is 8.78 Å². The Kier molecular flexibility index (Phi) is 5.91. The highest BCUT2D eigenvalue weighted by Crippen LogP contribution is 2.18. The fourth-order valence-electron chi connectivity index (χ4n) is 2.45. The molecule has 0 aromatic heterocycles. The molecule has 0 unspecified atom stereocenters. The topological polar surface area (TPSA) is 58.2 Å². The molecule has 0 saturated heterocycles. The first-order valence-electron chi connectivity index (χ1n) is 8.43. The third-order valence-electron chi connectivity index (χ3n) is 3.84. The van der Waals surface area contributed by atoms with Gasteiger partial charge < -0.3 is 10.6 Å². The molecule has 0 bridgehead atoms. The van der Waals surface area contributed by atoms with Gasteiger partial charge in [0, 0.05) is 0 Å². The van der Waals surface area contributed by atoms with Crippen LogP contribution >= 0.6 is 0 Å². The van der Waals surface area contributed by atoms with E-state index in [2.05, 4.69) is 10.6 Å². The molecule has 0 atom stereocenters. The standard InChI is InChI=1S/C22H16F2N2O2/c23-17-10-4-6-12-19(17)25-21(27)16(14-15-8-2-1-3-9-15)22(28)26-20-13-7-5-11-18(20)24/h1-14H,(H,25,27)(H,26,28). The summed E-state index contributed by atoms with van der Waals surface area (Å²) in [6, 6.07) is 19.9. The van der Waals surface area contributed by atoms with Crippen molar-refractivity contribution in [2.45, 2.75) is 0 Å². The van der Waals surface area contributed by atoms with E-state index in [0.717, 1.165) is 0 Å². The molecule has 4 nitrogen and oxygen atoms in total. The first kappa shape index (κ1) is 19.0. The zero-order valence-corrected chi connectivity index (χ0v) is 14.7. The van der Waals surface area contributed by atoms with E-state index in [1.165, 1.54) is 42.5 Å². The third kappa shape index (κ3) is 4.67. The molecule has 3 aromatic rings. The number of hydrogen-bond donors (Lipinski definition) is 2. The number of amides is 2. The van der Waals surface area contributed by atoms with Gasteiger partial charge in [0.2, 0.25) is 0 Å². The summed E-state index contributed by atoms with van der Waals surface area (Å²) in [4.78, 5) is 25.4. The minimum Gasteiger partial charge on any atom is -0.319 e. The monoisotopic (exact) mass is 378 g/mol. The van der Waals surface area contributed by atoms with Crippen molar-refractivity contribution in [1.82, 2.24) is 0 Å². The number of para-hydroxylation sites is 2. The largest absolute Gasteiger partial charge is 0.319 e. The smallest absolute Gasteiger partial charge is 0.261 e. The van der Waals surface area contributed by atoms with Crippen LogP contribution < -0.4 is 10.6 Å². The predicted octanol–water partition coefficient (Wildman–Crippen LogP) is 4.63. The molecule has 0 heterocycles. The summed E-state index contributed by atoms with van der Waals surface area (Å²) in [5.41, 5.74) is 0.165. The van der Waals surface area contributed by atoms with E-state index in [-0.39, 0.29) is 16.9 Å². The summed E-state index contributed by atoms with van der Waals surface area (Å²) in [5, 5.41) is 4.75. The highest BCUT2D eigenvalue weighted by Gasteiger charge is 2.20. The zero-order chi connectivity index (χ0) is 19.9. The van der Waals surface area contributed by atoms with Crippen LogP contribution in [-0.2, 0) is 9.59 Å². The summed E-state index contributed by atoms with van der Waals surface area (Å²) in [6.45, 7) is 0. The van der Waals surface area contributed by atoms with Gasteiger partial charge in [0.1, 0.15) is 17.2 Å². The fourth-order valence-corrected chi connectivity index (χ4v) is 2.45. The molecule has 0 fully saturated rings. The van der Waals surface area contributed by atoms with Crippen LogP contribution in [0.25, 0.3) is 6.08 Å². The van der Waals surface area contributed by atoms with Gasteiger partial charge in [-0.2, -0.15) is 0 Å². The molecule has 0 radical (unpaired) electrons. The van der Waals surface area contributed by atoms with Crippen molar-refractivity contribution in [2.75, 3.05) is 10.6 Å². The average Bonchev–Trinajstić information content (AvgIpc) is 2.70. The van der Waals surface area contributed by atoms with Gasteiger partial charge in [-0.15, -0.1) is 0 Å². The molecule has 2 N–H and O–H groups in total. The Balaban J connectivity index is 1.92. The lowest BCUT2D eigenvalue weighted by molar-refractivity contribution is -0.118. The van der Waals surface area contributed by atoms with Crippen LogP contribution in [0.4, 0.5) is 20.2 Å². The Morgan fingerprint density at radius 3 is 1.54 bits per heavy atom. The molecule has 0 spiro atoms. The third-order valence-corrected chi connectivity index (χ3v) is 3.84. The highest BCUT2D eigenvalue weighted by atomic mass is 19.1. The quantitative estimate of drug-likeness (QED) is 0.386. The number of anilines is 2. The molecule has 3 rings (SSSR count). The summed E-state index contributed by atoms with van der Waals surface area (Å²) in [5.74, 6) is -2.90. The van der Waals surface area contributed by atoms with E-state index in [9.17, 15) is 18.4 Å². The number of benzene rings is 3. The molecule has 0 aliphatic heterocycles.